The first kappa shape index (κ1) is 7.54. The van der Waals surface area contributed by atoms with Crippen LogP contribution in [0, 0.1) is 0 Å². The lowest BCUT2D eigenvalue weighted by atomic mass is 9.99. The Morgan fingerprint density at radius 2 is 2.50 bits per heavy atom. The quantitative estimate of drug-likeness (QED) is 0.541. The van der Waals surface area contributed by atoms with Crippen LogP contribution >= 0.6 is 0 Å². The molecule has 10 heavy (non-hydrogen) atoms. The molecule has 1 rings (SSSR count). The Morgan fingerprint density at radius 1 is 1.80 bits per heavy atom. The Morgan fingerprint density at radius 3 is 2.90 bits per heavy atom. The number of amides is 1. The molecule has 0 aromatic heterocycles. The topological polar surface area (TPSA) is 55.1 Å². The first-order valence-electron chi connectivity index (χ1n) is 3.75. The van der Waals surface area contributed by atoms with Crippen molar-refractivity contribution in [1.29, 1.82) is 0 Å². The van der Waals surface area contributed by atoms with Gasteiger partial charge in [-0.05, 0) is 19.8 Å². The third-order valence-corrected chi connectivity index (χ3v) is 1.90. The van der Waals surface area contributed by atoms with Gasteiger partial charge >= 0.3 is 0 Å². The van der Waals surface area contributed by atoms with Gasteiger partial charge in [0.2, 0.25) is 5.91 Å². The molecule has 0 aliphatic carbocycles. The van der Waals surface area contributed by atoms with Crippen molar-refractivity contribution in [3.63, 3.8) is 0 Å². The molecule has 0 aromatic rings. The van der Waals surface area contributed by atoms with Gasteiger partial charge in [0.1, 0.15) is 0 Å². The number of rotatable bonds is 1. The number of nitrogens with one attached hydrogen (secondary N) is 1. The number of hydrogen-bond acceptors (Lipinski definition) is 2. The second-order valence-corrected chi connectivity index (χ2v) is 2.93. The lowest BCUT2D eigenvalue weighted by Crippen LogP contribution is -2.48. The van der Waals surface area contributed by atoms with Gasteiger partial charge in [0.25, 0.3) is 0 Å². The Bertz CT molecular complexity index is 134. The number of carbonyl (C=O) groups is 1. The molecule has 3 nitrogen and oxygen atoms in total. The van der Waals surface area contributed by atoms with E-state index in [0.29, 0.717) is 6.42 Å². The van der Waals surface area contributed by atoms with E-state index in [9.17, 15) is 4.79 Å². The predicted octanol–water partition coefficient (Wildman–Crippen LogP) is 0.00230. The van der Waals surface area contributed by atoms with Crippen molar-refractivity contribution < 1.29 is 4.79 Å². The maximum absolute atomic E-state index is 10.8. The van der Waals surface area contributed by atoms with Crippen LogP contribution in [0.2, 0.25) is 0 Å². The normalized spacial score (nSPS) is 29.4. The van der Waals surface area contributed by atoms with Gasteiger partial charge in [0.15, 0.2) is 0 Å². The van der Waals surface area contributed by atoms with Crippen LogP contribution in [0.4, 0.5) is 0 Å². The van der Waals surface area contributed by atoms with Gasteiger partial charge in [0, 0.05) is 18.5 Å². The molecule has 3 N–H and O–H groups in total. The summed E-state index contributed by atoms with van der Waals surface area (Å²) in [5.41, 5.74) is 5.61. The van der Waals surface area contributed by atoms with Crippen LogP contribution < -0.4 is 11.1 Å². The molecule has 0 aromatic carbocycles. The fourth-order valence-electron chi connectivity index (χ4n) is 1.23. The molecule has 3 heteroatoms. The third kappa shape index (κ3) is 1.70. The highest BCUT2D eigenvalue weighted by Crippen LogP contribution is 2.09. The highest BCUT2D eigenvalue weighted by atomic mass is 16.1. The minimum absolute atomic E-state index is 0.0873. The van der Waals surface area contributed by atoms with Crippen molar-refractivity contribution >= 4 is 5.91 Å². The monoisotopic (exact) mass is 142 g/mol. The number of carbonyl (C=O) groups excluding carboxylic acids is 1. The van der Waals surface area contributed by atoms with Gasteiger partial charge in [0.05, 0.1) is 0 Å². The van der Waals surface area contributed by atoms with Gasteiger partial charge in [-0.2, -0.15) is 0 Å². The minimum Gasteiger partial charge on any atom is -0.352 e. The zero-order valence-corrected chi connectivity index (χ0v) is 6.26. The summed E-state index contributed by atoms with van der Waals surface area (Å²) in [5.74, 6) is 0.147. The van der Waals surface area contributed by atoms with Crippen molar-refractivity contribution in [3.05, 3.63) is 0 Å². The molecule has 2 unspecified atom stereocenters. The first-order valence-corrected chi connectivity index (χ1v) is 3.75. The molecule has 0 bridgehead atoms. The second kappa shape index (κ2) is 3.01. The van der Waals surface area contributed by atoms with Gasteiger partial charge < -0.3 is 11.1 Å². The van der Waals surface area contributed by atoms with Gasteiger partial charge in [-0.3, -0.25) is 4.79 Å². The lowest BCUT2D eigenvalue weighted by Gasteiger charge is -2.25. The van der Waals surface area contributed by atoms with E-state index in [-0.39, 0.29) is 18.0 Å². The molecule has 2 atom stereocenters. The molecule has 1 aliphatic rings. The fourth-order valence-corrected chi connectivity index (χ4v) is 1.23. The Balaban J connectivity index is 2.39. The summed E-state index contributed by atoms with van der Waals surface area (Å²) in [6, 6.07) is 0.297. The molecule has 1 heterocycles. The Labute approximate surface area is 61.0 Å². The summed E-state index contributed by atoms with van der Waals surface area (Å²) in [4.78, 5) is 10.8. The van der Waals surface area contributed by atoms with E-state index in [1.165, 1.54) is 0 Å². The minimum atomic E-state index is 0.0873. The highest BCUT2D eigenvalue weighted by molar-refractivity contribution is 5.77. The molecule has 1 amide bonds. The van der Waals surface area contributed by atoms with Crippen molar-refractivity contribution in [3.8, 4) is 0 Å². The fraction of sp³-hybridized carbons (Fsp3) is 0.857. The van der Waals surface area contributed by atoms with Crippen LogP contribution in [0.25, 0.3) is 0 Å². The van der Waals surface area contributed by atoms with E-state index >= 15 is 0 Å². The molecular weight excluding hydrogens is 128 g/mol. The zero-order chi connectivity index (χ0) is 7.56. The van der Waals surface area contributed by atoms with Crippen LogP contribution in [0.3, 0.4) is 0 Å². The van der Waals surface area contributed by atoms with E-state index in [4.69, 9.17) is 5.73 Å². The number of nitrogens with two attached hydrogens (primary N) is 1. The summed E-state index contributed by atoms with van der Waals surface area (Å²) in [7, 11) is 0. The first-order chi connectivity index (χ1) is 4.70. The van der Waals surface area contributed by atoms with Crippen LogP contribution in [-0.2, 0) is 4.79 Å². The van der Waals surface area contributed by atoms with E-state index in [2.05, 4.69) is 5.32 Å². The smallest absolute Gasteiger partial charge is 0.220 e. The Hall–Kier alpha value is -0.570. The van der Waals surface area contributed by atoms with Gasteiger partial charge in [-0.15, -0.1) is 0 Å². The standard InChI is InChI=1S/C7H14N2O/c1-5(8)6-3-2-4-7(10)9-6/h5-6H,2-4,8H2,1H3,(H,9,10). The second-order valence-electron chi connectivity index (χ2n) is 2.93. The van der Waals surface area contributed by atoms with Gasteiger partial charge in [-0.25, -0.2) is 0 Å². The van der Waals surface area contributed by atoms with E-state index in [1.807, 2.05) is 6.92 Å². The van der Waals surface area contributed by atoms with E-state index in [1.54, 1.807) is 0 Å². The number of piperidine rings is 1. The molecule has 1 fully saturated rings. The zero-order valence-electron chi connectivity index (χ0n) is 6.26. The number of hydrogen-bond donors (Lipinski definition) is 2. The summed E-state index contributed by atoms with van der Waals surface area (Å²) in [5, 5.41) is 2.85. The van der Waals surface area contributed by atoms with Crippen LogP contribution in [0.5, 0.6) is 0 Å². The highest BCUT2D eigenvalue weighted by Gasteiger charge is 2.20. The Kier molecular flexibility index (Phi) is 2.27. The summed E-state index contributed by atoms with van der Waals surface area (Å²) < 4.78 is 0. The maximum atomic E-state index is 10.8. The van der Waals surface area contributed by atoms with E-state index in [0.717, 1.165) is 12.8 Å². The summed E-state index contributed by atoms with van der Waals surface area (Å²) >= 11 is 0. The third-order valence-electron chi connectivity index (χ3n) is 1.90. The molecular formula is C7H14N2O. The van der Waals surface area contributed by atoms with Crippen molar-refractivity contribution in [2.24, 2.45) is 5.73 Å². The van der Waals surface area contributed by atoms with Crippen molar-refractivity contribution in [2.75, 3.05) is 0 Å². The van der Waals surface area contributed by atoms with E-state index < -0.39 is 0 Å². The molecule has 1 saturated heterocycles. The molecule has 58 valence electrons. The SMILES string of the molecule is CC(N)C1CCCC(=O)N1. The maximum Gasteiger partial charge on any atom is 0.220 e. The van der Waals surface area contributed by atoms with Gasteiger partial charge in [-0.1, -0.05) is 0 Å². The lowest BCUT2D eigenvalue weighted by molar-refractivity contribution is -0.123. The summed E-state index contributed by atoms with van der Waals surface area (Å²) in [6.07, 6.45) is 2.69. The van der Waals surface area contributed by atoms with Crippen molar-refractivity contribution in [2.45, 2.75) is 38.3 Å². The molecule has 0 saturated carbocycles. The molecule has 0 spiro atoms. The molecule has 0 radical (unpaired) electrons. The largest absolute Gasteiger partial charge is 0.352 e. The van der Waals surface area contributed by atoms with Crippen LogP contribution in [0.15, 0.2) is 0 Å². The summed E-state index contributed by atoms with van der Waals surface area (Å²) in [6.45, 7) is 1.93. The van der Waals surface area contributed by atoms with Crippen LogP contribution in [0.1, 0.15) is 26.2 Å². The predicted molar refractivity (Wildman–Crippen MR) is 39.4 cm³/mol. The average Bonchev–Trinajstić information content (AvgIpc) is 1.88. The van der Waals surface area contributed by atoms with Crippen LogP contribution in [-0.4, -0.2) is 18.0 Å². The molecule has 1 aliphatic heterocycles. The van der Waals surface area contributed by atoms with Crippen molar-refractivity contribution in [1.82, 2.24) is 5.32 Å². The average molecular weight is 142 g/mol.